The summed E-state index contributed by atoms with van der Waals surface area (Å²) in [6, 6.07) is 51.0. The molecular formula is C43H26N2O2. The predicted octanol–water partition coefficient (Wildman–Crippen LogP) is 11.8. The molecule has 4 heteroatoms. The fourth-order valence-electron chi connectivity index (χ4n) is 6.82. The second kappa shape index (κ2) is 10.1. The first-order valence-electron chi connectivity index (χ1n) is 15.8. The second-order valence-electron chi connectivity index (χ2n) is 12.1. The Morgan fingerprint density at radius 2 is 0.894 bits per heavy atom. The maximum absolute atomic E-state index is 6.44. The summed E-state index contributed by atoms with van der Waals surface area (Å²) in [5.41, 5.74) is 13.3. The smallest absolute Gasteiger partial charge is 0.178 e. The number of pyridine rings is 1. The lowest BCUT2D eigenvalue weighted by molar-refractivity contribution is 0.633. The Morgan fingerprint density at radius 1 is 0.404 bits per heavy atom. The molecule has 0 spiro atoms. The molecule has 4 aromatic heterocycles. The molecule has 0 saturated carbocycles. The third kappa shape index (κ3) is 4.19. The lowest BCUT2D eigenvalue weighted by atomic mass is 9.98. The van der Waals surface area contributed by atoms with Crippen molar-refractivity contribution >= 4 is 49.5 Å². The topological polar surface area (TPSA) is 43.6 Å². The Bertz CT molecular complexity index is 2730. The fourth-order valence-corrected chi connectivity index (χ4v) is 6.82. The number of imidazole rings is 1. The maximum Gasteiger partial charge on any atom is 0.178 e. The van der Waals surface area contributed by atoms with E-state index in [2.05, 4.69) is 128 Å². The van der Waals surface area contributed by atoms with E-state index in [-0.39, 0.29) is 0 Å². The van der Waals surface area contributed by atoms with Gasteiger partial charge in [-0.2, -0.15) is 0 Å². The van der Waals surface area contributed by atoms with Crippen LogP contribution in [0.5, 0.6) is 0 Å². The van der Waals surface area contributed by atoms with Gasteiger partial charge < -0.3 is 13.2 Å². The SMILES string of the molecule is c1ccc(-c2ccc3oc4c(ccc5c6cc(-c7ccc(-c8ccc(-c9cn%10ccccc%10n9)cc8)cc7)ccc6oc54)c3c2)cc1. The average molecular weight is 603 g/mol. The number of aromatic nitrogens is 2. The van der Waals surface area contributed by atoms with Crippen LogP contribution in [0, 0.1) is 0 Å². The van der Waals surface area contributed by atoms with Crippen LogP contribution in [0.4, 0.5) is 0 Å². The molecule has 4 heterocycles. The quantitative estimate of drug-likeness (QED) is 0.201. The van der Waals surface area contributed by atoms with Gasteiger partial charge in [-0.15, -0.1) is 0 Å². The summed E-state index contributed by atoms with van der Waals surface area (Å²) in [6.45, 7) is 0. The van der Waals surface area contributed by atoms with Gasteiger partial charge in [0.05, 0.1) is 5.69 Å². The Labute approximate surface area is 269 Å². The van der Waals surface area contributed by atoms with Gasteiger partial charge in [-0.05, 0) is 81.9 Å². The van der Waals surface area contributed by atoms with Crippen LogP contribution in [0.1, 0.15) is 0 Å². The zero-order valence-electron chi connectivity index (χ0n) is 25.2. The van der Waals surface area contributed by atoms with E-state index in [0.29, 0.717) is 0 Å². The van der Waals surface area contributed by atoms with Crippen LogP contribution in [-0.4, -0.2) is 9.38 Å². The molecule has 0 saturated heterocycles. The van der Waals surface area contributed by atoms with Gasteiger partial charge in [-0.25, -0.2) is 4.98 Å². The van der Waals surface area contributed by atoms with Gasteiger partial charge in [0.1, 0.15) is 16.8 Å². The molecule has 0 radical (unpaired) electrons. The Hall–Kier alpha value is -6.39. The summed E-state index contributed by atoms with van der Waals surface area (Å²) in [7, 11) is 0. The largest absolute Gasteiger partial charge is 0.452 e. The number of nitrogens with zero attached hydrogens (tertiary/aromatic N) is 2. The molecule has 0 amide bonds. The Kier molecular flexibility index (Phi) is 5.54. The van der Waals surface area contributed by atoms with E-state index in [1.807, 2.05) is 34.9 Å². The molecule has 0 bridgehead atoms. The first kappa shape index (κ1) is 25.9. The van der Waals surface area contributed by atoms with Crippen molar-refractivity contribution in [3.05, 3.63) is 158 Å². The minimum absolute atomic E-state index is 0.787. The molecule has 0 aliphatic heterocycles. The van der Waals surface area contributed by atoms with Crippen LogP contribution >= 0.6 is 0 Å². The lowest BCUT2D eigenvalue weighted by Gasteiger charge is -2.06. The molecule has 47 heavy (non-hydrogen) atoms. The third-order valence-electron chi connectivity index (χ3n) is 9.28. The fraction of sp³-hybridized carbons (Fsp3) is 0. The molecule has 4 nitrogen and oxygen atoms in total. The molecule has 10 aromatic rings. The van der Waals surface area contributed by atoms with Crippen molar-refractivity contribution in [2.24, 2.45) is 0 Å². The molecule has 0 N–H and O–H groups in total. The summed E-state index contributed by atoms with van der Waals surface area (Å²) in [4.78, 5) is 4.76. The lowest BCUT2D eigenvalue weighted by Crippen LogP contribution is -1.82. The standard InChI is InChI=1S/C43H26N2O2/c1-2-6-27(7-3-1)32-17-21-39-36(24-32)34-19-20-35-37-25-33(18-22-40(37)47-43(35)42(34)46-39)30-11-9-28(10-12-30)29-13-15-31(16-14-29)38-26-45-23-5-4-8-41(45)44-38/h1-26H. The minimum Gasteiger partial charge on any atom is -0.452 e. The van der Waals surface area contributed by atoms with E-state index in [9.17, 15) is 0 Å². The van der Waals surface area contributed by atoms with Crippen molar-refractivity contribution in [3.63, 3.8) is 0 Å². The first-order chi connectivity index (χ1) is 23.2. The zero-order valence-corrected chi connectivity index (χ0v) is 25.2. The van der Waals surface area contributed by atoms with Gasteiger partial charge in [0.2, 0.25) is 0 Å². The van der Waals surface area contributed by atoms with Crippen molar-refractivity contribution in [1.29, 1.82) is 0 Å². The van der Waals surface area contributed by atoms with E-state index in [1.165, 1.54) is 22.3 Å². The third-order valence-corrected chi connectivity index (χ3v) is 9.28. The Balaban J connectivity index is 0.976. The molecule has 0 aliphatic rings. The summed E-state index contributed by atoms with van der Waals surface area (Å²) >= 11 is 0. The van der Waals surface area contributed by atoms with Crippen LogP contribution in [0.3, 0.4) is 0 Å². The number of hydrogen-bond acceptors (Lipinski definition) is 3. The highest BCUT2D eigenvalue weighted by Crippen LogP contribution is 2.41. The van der Waals surface area contributed by atoms with E-state index < -0.39 is 0 Å². The van der Waals surface area contributed by atoms with E-state index in [4.69, 9.17) is 13.8 Å². The van der Waals surface area contributed by atoms with E-state index >= 15 is 0 Å². The van der Waals surface area contributed by atoms with Gasteiger partial charge in [-0.1, -0.05) is 97.1 Å². The first-order valence-corrected chi connectivity index (χ1v) is 15.8. The highest BCUT2D eigenvalue weighted by atomic mass is 16.4. The minimum atomic E-state index is 0.787. The van der Waals surface area contributed by atoms with Crippen molar-refractivity contribution < 1.29 is 8.83 Å². The van der Waals surface area contributed by atoms with Crippen LogP contribution < -0.4 is 0 Å². The summed E-state index contributed by atoms with van der Waals surface area (Å²) < 4.78 is 14.9. The monoisotopic (exact) mass is 602 g/mol. The summed E-state index contributed by atoms with van der Waals surface area (Å²) in [5, 5.41) is 4.29. The van der Waals surface area contributed by atoms with Gasteiger partial charge in [0.15, 0.2) is 11.2 Å². The van der Waals surface area contributed by atoms with E-state index in [1.54, 1.807) is 0 Å². The molecule has 220 valence electrons. The molecule has 10 rings (SSSR count). The van der Waals surface area contributed by atoms with Crippen molar-refractivity contribution in [3.8, 4) is 44.6 Å². The number of hydrogen-bond donors (Lipinski definition) is 0. The van der Waals surface area contributed by atoms with Crippen LogP contribution in [0.2, 0.25) is 0 Å². The summed E-state index contributed by atoms with van der Waals surface area (Å²) in [5.74, 6) is 0. The zero-order chi connectivity index (χ0) is 30.9. The van der Waals surface area contributed by atoms with Crippen LogP contribution in [0.15, 0.2) is 167 Å². The molecule has 0 fully saturated rings. The number of furan rings is 2. The number of fused-ring (bicyclic) bond motifs is 8. The Morgan fingerprint density at radius 3 is 1.47 bits per heavy atom. The van der Waals surface area contributed by atoms with E-state index in [0.717, 1.165) is 71.9 Å². The van der Waals surface area contributed by atoms with Gasteiger partial charge in [0.25, 0.3) is 0 Å². The summed E-state index contributed by atoms with van der Waals surface area (Å²) in [6.07, 6.45) is 4.09. The normalized spacial score (nSPS) is 11.8. The van der Waals surface area contributed by atoms with Crippen molar-refractivity contribution in [1.82, 2.24) is 9.38 Å². The number of rotatable bonds is 4. The predicted molar refractivity (Wildman–Crippen MR) is 191 cm³/mol. The second-order valence-corrected chi connectivity index (χ2v) is 12.1. The molecule has 6 aromatic carbocycles. The highest BCUT2D eigenvalue weighted by molar-refractivity contribution is 6.19. The average Bonchev–Trinajstić information content (AvgIpc) is 3.85. The van der Waals surface area contributed by atoms with Gasteiger partial charge in [0, 0.05) is 39.5 Å². The maximum atomic E-state index is 6.44. The van der Waals surface area contributed by atoms with Gasteiger partial charge >= 0.3 is 0 Å². The van der Waals surface area contributed by atoms with Crippen molar-refractivity contribution in [2.75, 3.05) is 0 Å². The molecule has 0 aliphatic carbocycles. The highest BCUT2D eigenvalue weighted by Gasteiger charge is 2.17. The van der Waals surface area contributed by atoms with Crippen molar-refractivity contribution in [2.45, 2.75) is 0 Å². The van der Waals surface area contributed by atoms with Crippen LogP contribution in [0.25, 0.3) is 94.2 Å². The van der Waals surface area contributed by atoms with Crippen LogP contribution in [-0.2, 0) is 0 Å². The number of benzene rings is 6. The molecule has 0 unspecified atom stereocenters. The van der Waals surface area contributed by atoms with Gasteiger partial charge in [-0.3, -0.25) is 0 Å². The molecular weight excluding hydrogens is 576 g/mol. The molecule has 0 atom stereocenters.